The van der Waals surface area contributed by atoms with E-state index < -0.39 is 10.8 Å². The van der Waals surface area contributed by atoms with Gasteiger partial charge in [0.1, 0.15) is 0 Å². The second-order valence-electron chi connectivity index (χ2n) is 9.21. The van der Waals surface area contributed by atoms with Crippen LogP contribution in [-0.2, 0) is 10.8 Å². The molecule has 0 aromatic carbocycles. The summed E-state index contributed by atoms with van der Waals surface area (Å²) in [5.41, 5.74) is 0. The van der Waals surface area contributed by atoms with Crippen LogP contribution in [-0.4, -0.2) is 15.2 Å². The molecule has 2 rings (SSSR count). The number of rotatable bonds is 10. The molecule has 0 heterocycles. The molecule has 1 atom stereocenters. The Morgan fingerprint density at radius 2 is 1.40 bits per heavy atom. The van der Waals surface area contributed by atoms with E-state index in [0.717, 1.165) is 17.8 Å². The first kappa shape index (κ1) is 21.5. The van der Waals surface area contributed by atoms with Gasteiger partial charge >= 0.3 is 0 Å². The molecule has 2 aliphatic rings. The summed E-state index contributed by atoms with van der Waals surface area (Å²) in [7, 11) is -0.646. The predicted octanol–water partition coefficient (Wildman–Crippen LogP) is 7.26. The largest absolute Gasteiger partial charge is 0.259 e. The Morgan fingerprint density at radius 3 is 1.96 bits per heavy atom. The van der Waals surface area contributed by atoms with Crippen LogP contribution >= 0.6 is 0 Å². The van der Waals surface area contributed by atoms with E-state index >= 15 is 0 Å². The molecule has 0 bridgehead atoms. The zero-order valence-corrected chi connectivity index (χ0v) is 18.2. The normalized spacial score (nSPS) is 34.8. The third-order valence-corrected chi connectivity index (χ3v) is 9.37. The minimum atomic E-state index is -0.646. The van der Waals surface area contributed by atoms with E-state index in [4.69, 9.17) is 0 Å². The van der Waals surface area contributed by atoms with Crippen molar-refractivity contribution in [1.29, 1.82) is 0 Å². The van der Waals surface area contributed by atoms with Crippen molar-refractivity contribution in [1.82, 2.24) is 0 Å². The van der Waals surface area contributed by atoms with Gasteiger partial charge in [0.05, 0.1) is 0 Å². The number of hydrogen-bond donors (Lipinski definition) is 0. The van der Waals surface area contributed by atoms with E-state index in [0.29, 0.717) is 0 Å². The number of hydrogen-bond acceptors (Lipinski definition) is 1. The summed E-state index contributed by atoms with van der Waals surface area (Å²) in [5, 5.41) is 0. The maximum Gasteiger partial charge on any atom is 0.0456 e. The molecule has 2 aliphatic carbocycles. The molecule has 1 nitrogen and oxygen atoms in total. The smallest absolute Gasteiger partial charge is 0.0456 e. The molecule has 1 unspecified atom stereocenters. The van der Waals surface area contributed by atoms with Gasteiger partial charge in [-0.2, -0.15) is 0 Å². The molecule has 0 spiro atoms. The molecule has 148 valence electrons. The van der Waals surface area contributed by atoms with E-state index in [9.17, 15) is 4.21 Å². The molecule has 0 aromatic rings. The fraction of sp³-hybridized carbons (Fsp3) is 1.00. The van der Waals surface area contributed by atoms with Gasteiger partial charge in [-0.1, -0.05) is 71.6 Å². The summed E-state index contributed by atoms with van der Waals surface area (Å²) in [4.78, 5) is 0. The second-order valence-corrected chi connectivity index (χ2v) is 11.0. The molecule has 25 heavy (non-hydrogen) atoms. The first-order valence-electron chi connectivity index (χ1n) is 11.4. The first-order valence-corrected chi connectivity index (χ1v) is 13.0. The summed E-state index contributed by atoms with van der Waals surface area (Å²) < 4.78 is 12.7. The SMILES string of the molecule is CCCCCCCC1(S(C)=O)CCC(C2CCC(CCC)CC2)CC1. The molecule has 0 aromatic heterocycles. The lowest BCUT2D eigenvalue weighted by Crippen LogP contribution is -2.40. The van der Waals surface area contributed by atoms with Crippen LogP contribution in [0.15, 0.2) is 0 Å². The van der Waals surface area contributed by atoms with Crippen LogP contribution in [0.25, 0.3) is 0 Å². The minimum Gasteiger partial charge on any atom is -0.259 e. The van der Waals surface area contributed by atoms with Crippen LogP contribution in [0.2, 0.25) is 0 Å². The van der Waals surface area contributed by atoms with Crippen LogP contribution in [0.5, 0.6) is 0 Å². The molecule has 2 fully saturated rings. The van der Waals surface area contributed by atoms with Gasteiger partial charge in [-0.25, -0.2) is 0 Å². The predicted molar refractivity (Wildman–Crippen MR) is 112 cm³/mol. The van der Waals surface area contributed by atoms with Crippen molar-refractivity contribution < 1.29 is 4.21 Å². The van der Waals surface area contributed by atoms with Crippen LogP contribution in [0.3, 0.4) is 0 Å². The number of unbranched alkanes of at least 4 members (excludes halogenated alkanes) is 4. The summed E-state index contributed by atoms with van der Waals surface area (Å²) >= 11 is 0. The van der Waals surface area contributed by atoms with Crippen molar-refractivity contribution >= 4 is 10.8 Å². The van der Waals surface area contributed by atoms with Gasteiger partial charge in [-0.15, -0.1) is 0 Å². The maximum atomic E-state index is 12.5. The van der Waals surface area contributed by atoms with E-state index in [2.05, 4.69) is 13.8 Å². The Balaban J connectivity index is 1.76. The lowest BCUT2D eigenvalue weighted by molar-refractivity contribution is 0.147. The Bertz CT molecular complexity index is 376. The van der Waals surface area contributed by atoms with Crippen molar-refractivity contribution in [3.8, 4) is 0 Å². The van der Waals surface area contributed by atoms with Crippen molar-refractivity contribution in [2.45, 2.75) is 121 Å². The second kappa shape index (κ2) is 11.1. The minimum absolute atomic E-state index is 0.169. The lowest BCUT2D eigenvalue weighted by atomic mass is 9.68. The molecule has 0 aliphatic heterocycles. The highest BCUT2D eigenvalue weighted by Gasteiger charge is 2.40. The molecular formula is C23H44OS. The highest BCUT2D eigenvalue weighted by Crippen LogP contribution is 2.46. The van der Waals surface area contributed by atoms with E-state index in [1.165, 1.54) is 103 Å². The van der Waals surface area contributed by atoms with Crippen LogP contribution < -0.4 is 0 Å². The Labute approximate surface area is 160 Å². The molecule has 0 amide bonds. The average Bonchev–Trinajstić information content (AvgIpc) is 2.63. The first-order chi connectivity index (χ1) is 12.1. The topological polar surface area (TPSA) is 17.1 Å². The Kier molecular flexibility index (Phi) is 9.52. The zero-order chi connectivity index (χ0) is 18.1. The molecule has 2 saturated carbocycles. The van der Waals surface area contributed by atoms with Crippen molar-refractivity contribution in [3.63, 3.8) is 0 Å². The van der Waals surface area contributed by atoms with E-state index in [-0.39, 0.29) is 4.75 Å². The highest BCUT2D eigenvalue weighted by molar-refractivity contribution is 7.85. The fourth-order valence-corrected chi connectivity index (χ4v) is 6.97. The molecule has 0 saturated heterocycles. The summed E-state index contributed by atoms with van der Waals surface area (Å²) in [5.74, 6) is 2.95. The third kappa shape index (κ3) is 6.36. The summed E-state index contributed by atoms with van der Waals surface area (Å²) in [6.07, 6.45) is 23.8. The standard InChI is InChI=1S/C23H44OS/c1-4-6-7-8-9-17-23(25(3)24)18-15-22(16-19-23)21-13-11-20(10-5-2)12-14-21/h20-22H,4-19H2,1-3H3. The van der Waals surface area contributed by atoms with Gasteiger partial charge in [0.2, 0.25) is 0 Å². The van der Waals surface area contributed by atoms with Gasteiger partial charge in [0, 0.05) is 21.8 Å². The molecule has 0 N–H and O–H groups in total. The molecule has 2 heteroatoms. The maximum absolute atomic E-state index is 12.5. The molecule has 0 radical (unpaired) electrons. The van der Waals surface area contributed by atoms with Crippen molar-refractivity contribution in [2.75, 3.05) is 6.26 Å². The van der Waals surface area contributed by atoms with Gasteiger partial charge in [-0.3, -0.25) is 4.21 Å². The average molecular weight is 369 g/mol. The van der Waals surface area contributed by atoms with Crippen molar-refractivity contribution in [3.05, 3.63) is 0 Å². The Morgan fingerprint density at radius 1 is 0.800 bits per heavy atom. The third-order valence-electron chi connectivity index (χ3n) is 7.54. The zero-order valence-electron chi connectivity index (χ0n) is 17.4. The monoisotopic (exact) mass is 368 g/mol. The van der Waals surface area contributed by atoms with E-state index in [1.54, 1.807) is 0 Å². The van der Waals surface area contributed by atoms with Gasteiger partial charge in [-0.05, 0) is 62.7 Å². The fourth-order valence-electron chi connectivity index (χ4n) is 5.73. The summed E-state index contributed by atoms with van der Waals surface area (Å²) in [6, 6.07) is 0. The van der Waals surface area contributed by atoms with E-state index in [1.807, 2.05) is 6.26 Å². The van der Waals surface area contributed by atoms with Gasteiger partial charge in [0.25, 0.3) is 0 Å². The van der Waals surface area contributed by atoms with Crippen molar-refractivity contribution in [2.24, 2.45) is 17.8 Å². The Hall–Kier alpha value is 0.150. The van der Waals surface area contributed by atoms with Crippen LogP contribution in [0, 0.1) is 17.8 Å². The van der Waals surface area contributed by atoms with Crippen LogP contribution in [0.4, 0.5) is 0 Å². The summed E-state index contributed by atoms with van der Waals surface area (Å²) in [6.45, 7) is 4.61. The van der Waals surface area contributed by atoms with Gasteiger partial charge < -0.3 is 0 Å². The lowest BCUT2D eigenvalue weighted by Gasteiger charge is -2.43. The molecular weight excluding hydrogens is 324 g/mol. The highest BCUT2D eigenvalue weighted by atomic mass is 32.2. The van der Waals surface area contributed by atoms with Crippen LogP contribution in [0.1, 0.15) is 117 Å². The van der Waals surface area contributed by atoms with Gasteiger partial charge in [0.15, 0.2) is 0 Å². The quantitative estimate of drug-likeness (QED) is 0.371.